The van der Waals surface area contributed by atoms with Crippen LogP contribution in [0.1, 0.15) is 18.1 Å². The summed E-state index contributed by atoms with van der Waals surface area (Å²) in [6, 6.07) is 6.43. The third kappa shape index (κ3) is 1.68. The minimum absolute atomic E-state index is 0.729. The van der Waals surface area contributed by atoms with Gasteiger partial charge in [0.05, 0.1) is 6.61 Å². The Labute approximate surface area is 78.9 Å². The lowest BCUT2D eigenvalue weighted by molar-refractivity contribution is 0.134. The molecule has 1 heterocycles. The van der Waals surface area contributed by atoms with Gasteiger partial charge in [-0.15, -0.1) is 0 Å². The highest BCUT2D eigenvalue weighted by molar-refractivity contribution is 5.60. The first-order valence-electron chi connectivity index (χ1n) is 4.84. The normalized spacial score (nSPS) is 13.9. The summed E-state index contributed by atoms with van der Waals surface area (Å²) in [6.07, 6.45) is 1.15. The molecule has 1 aliphatic rings. The Morgan fingerprint density at radius 3 is 3.23 bits per heavy atom. The molecule has 1 aromatic carbocycles. The number of benzene rings is 1. The first-order valence-corrected chi connectivity index (χ1v) is 4.84. The van der Waals surface area contributed by atoms with E-state index in [0.29, 0.717) is 0 Å². The van der Waals surface area contributed by atoms with E-state index >= 15 is 0 Å². The van der Waals surface area contributed by atoms with Gasteiger partial charge in [-0.3, -0.25) is 0 Å². The lowest BCUT2D eigenvalue weighted by Crippen LogP contribution is -1.98. The second-order valence-corrected chi connectivity index (χ2v) is 3.27. The van der Waals surface area contributed by atoms with Crippen LogP contribution in [0, 0.1) is 0 Å². The van der Waals surface area contributed by atoms with Gasteiger partial charge in [0.1, 0.15) is 0 Å². The average Bonchev–Trinajstić information content (AvgIpc) is 2.62. The van der Waals surface area contributed by atoms with Crippen molar-refractivity contribution in [3.8, 4) is 0 Å². The summed E-state index contributed by atoms with van der Waals surface area (Å²) in [7, 11) is 0. The monoisotopic (exact) mass is 177 g/mol. The van der Waals surface area contributed by atoms with E-state index in [1.165, 1.54) is 16.8 Å². The zero-order valence-electron chi connectivity index (χ0n) is 7.97. The van der Waals surface area contributed by atoms with Gasteiger partial charge in [-0.05, 0) is 18.9 Å². The van der Waals surface area contributed by atoms with E-state index in [4.69, 9.17) is 4.74 Å². The molecular formula is C11H15NO. The van der Waals surface area contributed by atoms with Crippen LogP contribution in [0.25, 0.3) is 0 Å². The molecule has 0 spiro atoms. The molecule has 2 nitrogen and oxygen atoms in total. The largest absolute Gasteiger partial charge is 0.384 e. The molecule has 13 heavy (non-hydrogen) atoms. The summed E-state index contributed by atoms with van der Waals surface area (Å²) in [5.74, 6) is 0. The maximum Gasteiger partial charge on any atom is 0.0736 e. The van der Waals surface area contributed by atoms with Crippen LogP contribution < -0.4 is 5.32 Å². The Kier molecular flexibility index (Phi) is 2.50. The van der Waals surface area contributed by atoms with Crippen molar-refractivity contribution >= 4 is 5.69 Å². The number of para-hydroxylation sites is 1. The molecule has 0 saturated heterocycles. The Bertz CT molecular complexity index is 296. The van der Waals surface area contributed by atoms with Crippen LogP contribution in [-0.2, 0) is 17.8 Å². The van der Waals surface area contributed by atoms with Crippen molar-refractivity contribution in [3.63, 3.8) is 0 Å². The van der Waals surface area contributed by atoms with Crippen LogP contribution in [-0.4, -0.2) is 13.2 Å². The molecular weight excluding hydrogens is 162 g/mol. The Morgan fingerprint density at radius 2 is 2.38 bits per heavy atom. The summed E-state index contributed by atoms with van der Waals surface area (Å²) in [5.41, 5.74) is 4.02. The second-order valence-electron chi connectivity index (χ2n) is 3.27. The van der Waals surface area contributed by atoms with E-state index in [1.807, 2.05) is 6.92 Å². The van der Waals surface area contributed by atoms with Gasteiger partial charge in [0.25, 0.3) is 0 Å². The van der Waals surface area contributed by atoms with Gasteiger partial charge in [-0.2, -0.15) is 0 Å². The predicted molar refractivity (Wildman–Crippen MR) is 54.0 cm³/mol. The molecule has 0 aliphatic carbocycles. The van der Waals surface area contributed by atoms with E-state index in [0.717, 1.165) is 26.2 Å². The topological polar surface area (TPSA) is 21.3 Å². The molecule has 0 saturated carbocycles. The van der Waals surface area contributed by atoms with Gasteiger partial charge in [0.2, 0.25) is 0 Å². The fraction of sp³-hybridized carbons (Fsp3) is 0.455. The highest BCUT2D eigenvalue weighted by Gasteiger charge is 2.12. The zero-order valence-corrected chi connectivity index (χ0v) is 7.97. The van der Waals surface area contributed by atoms with Gasteiger partial charge in [0.15, 0.2) is 0 Å². The van der Waals surface area contributed by atoms with Crippen LogP contribution in [0.5, 0.6) is 0 Å². The maximum atomic E-state index is 5.40. The summed E-state index contributed by atoms with van der Waals surface area (Å²) in [5, 5.41) is 3.40. The highest BCUT2D eigenvalue weighted by Crippen LogP contribution is 2.26. The first kappa shape index (κ1) is 8.57. The second kappa shape index (κ2) is 3.79. The van der Waals surface area contributed by atoms with Gasteiger partial charge in [-0.25, -0.2) is 0 Å². The van der Waals surface area contributed by atoms with Crippen molar-refractivity contribution in [3.05, 3.63) is 29.3 Å². The summed E-state index contributed by atoms with van der Waals surface area (Å²) in [6.45, 7) is 4.60. The van der Waals surface area contributed by atoms with Crippen molar-refractivity contribution in [1.82, 2.24) is 0 Å². The fourth-order valence-electron chi connectivity index (χ4n) is 1.74. The van der Waals surface area contributed by atoms with Crippen molar-refractivity contribution in [1.29, 1.82) is 0 Å². The van der Waals surface area contributed by atoms with Gasteiger partial charge in [-0.1, -0.05) is 18.2 Å². The third-order valence-electron chi connectivity index (χ3n) is 2.39. The lowest BCUT2D eigenvalue weighted by atomic mass is 10.1. The molecule has 0 unspecified atom stereocenters. The van der Waals surface area contributed by atoms with Gasteiger partial charge in [0, 0.05) is 24.4 Å². The molecule has 0 aromatic heterocycles. The predicted octanol–water partition coefficient (Wildman–Crippen LogP) is 2.19. The molecule has 0 amide bonds. The number of hydrogen-bond donors (Lipinski definition) is 1. The van der Waals surface area contributed by atoms with E-state index in [1.54, 1.807) is 0 Å². The Morgan fingerprint density at radius 1 is 1.46 bits per heavy atom. The number of rotatable bonds is 3. The molecule has 0 atom stereocenters. The van der Waals surface area contributed by atoms with E-state index < -0.39 is 0 Å². The van der Waals surface area contributed by atoms with Crippen LogP contribution >= 0.6 is 0 Å². The molecule has 70 valence electrons. The first-order chi connectivity index (χ1) is 6.42. The fourth-order valence-corrected chi connectivity index (χ4v) is 1.74. The van der Waals surface area contributed by atoms with Crippen molar-refractivity contribution < 1.29 is 4.74 Å². The highest BCUT2D eigenvalue weighted by atomic mass is 16.5. The van der Waals surface area contributed by atoms with Gasteiger partial charge < -0.3 is 10.1 Å². The number of ether oxygens (including phenoxy) is 1. The number of fused-ring (bicyclic) bond motifs is 1. The Hall–Kier alpha value is -1.02. The minimum atomic E-state index is 0.729. The van der Waals surface area contributed by atoms with Crippen LogP contribution in [0.15, 0.2) is 18.2 Å². The van der Waals surface area contributed by atoms with Crippen molar-refractivity contribution in [2.45, 2.75) is 20.0 Å². The minimum Gasteiger partial charge on any atom is -0.384 e. The summed E-state index contributed by atoms with van der Waals surface area (Å²) < 4.78 is 5.40. The van der Waals surface area contributed by atoms with Crippen LogP contribution in [0.3, 0.4) is 0 Å². The standard InChI is InChI=1S/C11H15NO/c1-2-13-8-10-5-3-4-9-6-7-12-11(9)10/h3-5,12H,2,6-8H2,1H3. The smallest absolute Gasteiger partial charge is 0.0736 e. The van der Waals surface area contributed by atoms with Gasteiger partial charge >= 0.3 is 0 Å². The van der Waals surface area contributed by atoms with Crippen LogP contribution in [0.4, 0.5) is 5.69 Å². The van der Waals surface area contributed by atoms with E-state index in [-0.39, 0.29) is 0 Å². The SMILES string of the molecule is CCOCc1cccc2c1NCC2. The van der Waals surface area contributed by atoms with Crippen molar-refractivity contribution in [2.24, 2.45) is 0 Å². The molecule has 0 radical (unpaired) electrons. The quantitative estimate of drug-likeness (QED) is 0.764. The molecule has 0 bridgehead atoms. The molecule has 0 fully saturated rings. The molecule has 2 heteroatoms. The van der Waals surface area contributed by atoms with E-state index in [2.05, 4.69) is 23.5 Å². The molecule has 1 aliphatic heterocycles. The number of hydrogen-bond acceptors (Lipinski definition) is 2. The average molecular weight is 177 g/mol. The van der Waals surface area contributed by atoms with Crippen molar-refractivity contribution in [2.75, 3.05) is 18.5 Å². The zero-order chi connectivity index (χ0) is 9.10. The number of nitrogens with one attached hydrogen (secondary N) is 1. The molecule has 1 aromatic rings. The van der Waals surface area contributed by atoms with E-state index in [9.17, 15) is 0 Å². The molecule has 2 rings (SSSR count). The summed E-state index contributed by atoms with van der Waals surface area (Å²) >= 11 is 0. The number of anilines is 1. The molecule has 1 N–H and O–H groups in total. The maximum absolute atomic E-state index is 5.40. The summed E-state index contributed by atoms with van der Waals surface area (Å²) in [4.78, 5) is 0. The third-order valence-corrected chi connectivity index (χ3v) is 2.39. The Balaban J connectivity index is 2.20. The van der Waals surface area contributed by atoms with Crippen LogP contribution in [0.2, 0.25) is 0 Å². The lowest BCUT2D eigenvalue weighted by Gasteiger charge is -2.08.